The van der Waals surface area contributed by atoms with Gasteiger partial charge in [0.2, 0.25) is 12.7 Å². The number of aromatic nitrogens is 2. The van der Waals surface area contributed by atoms with Gasteiger partial charge >= 0.3 is 0 Å². The van der Waals surface area contributed by atoms with E-state index in [-0.39, 0.29) is 18.6 Å². The van der Waals surface area contributed by atoms with E-state index in [2.05, 4.69) is 9.88 Å². The zero-order valence-corrected chi connectivity index (χ0v) is 14.7. The van der Waals surface area contributed by atoms with E-state index < -0.39 is 0 Å². The van der Waals surface area contributed by atoms with Crippen LogP contribution in [0.3, 0.4) is 0 Å². The van der Waals surface area contributed by atoms with Crippen molar-refractivity contribution in [2.45, 2.75) is 19.0 Å². The summed E-state index contributed by atoms with van der Waals surface area (Å²) in [7, 11) is 5.56. The number of benzene rings is 1. The minimum atomic E-state index is -0.194. The lowest BCUT2D eigenvalue weighted by Crippen LogP contribution is -2.41. The van der Waals surface area contributed by atoms with Gasteiger partial charge in [0.25, 0.3) is 0 Å². The molecule has 2 aromatic rings. The Balaban J connectivity index is 1.58. The van der Waals surface area contributed by atoms with E-state index in [0.717, 1.165) is 41.5 Å². The standard InChI is InChI=1S/C18H22N4O3/c1-20(2)18(23)13-8-22(9-14-17(13)21(3)10-19-14)7-12-4-5-15-16(6-12)25-11-24-15/h4-6,10,13H,7-9,11H2,1-3H3/t13-/m0/s1. The van der Waals surface area contributed by atoms with E-state index in [1.54, 1.807) is 25.3 Å². The number of likely N-dealkylation sites (N-methyl/N-ethyl adjacent to an activating group) is 1. The molecule has 0 aliphatic carbocycles. The Morgan fingerprint density at radius 1 is 1.32 bits per heavy atom. The van der Waals surface area contributed by atoms with Gasteiger partial charge in [-0.3, -0.25) is 9.69 Å². The molecule has 3 heterocycles. The number of imidazole rings is 1. The largest absolute Gasteiger partial charge is 0.454 e. The summed E-state index contributed by atoms with van der Waals surface area (Å²) in [6, 6.07) is 6.00. The predicted octanol–water partition coefficient (Wildman–Crippen LogP) is 1.34. The molecule has 0 N–H and O–H groups in total. The number of rotatable bonds is 3. The smallest absolute Gasteiger partial charge is 0.232 e. The second kappa shape index (κ2) is 6.07. The molecule has 25 heavy (non-hydrogen) atoms. The van der Waals surface area contributed by atoms with Gasteiger partial charge in [-0.05, 0) is 17.7 Å². The van der Waals surface area contributed by atoms with Gasteiger partial charge in [0.1, 0.15) is 0 Å². The second-order valence-corrected chi connectivity index (χ2v) is 6.83. The summed E-state index contributed by atoms with van der Waals surface area (Å²) in [6.07, 6.45) is 1.80. The number of ether oxygens (including phenoxy) is 2. The van der Waals surface area contributed by atoms with E-state index in [1.165, 1.54) is 0 Å². The van der Waals surface area contributed by atoms with Gasteiger partial charge in [-0.25, -0.2) is 4.98 Å². The van der Waals surface area contributed by atoms with E-state index >= 15 is 0 Å². The molecular weight excluding hydrogens is 320 g/mol. The van der Waals surface area contributed by atoms with Crippen molar-refractivity contribution in [3.05, 3.63) is 41.5 Å². The maximum absolute atomic E-state index is 12.7. The second-order valence-electron chi connectivity index (χ2n) is 6.83. The number of fused-ring (bicyclic) bond motifs is 2. The van der Waals surface area contributed by atoms with Gasteiger partial charge in [-0.1, -0.05) is 6.07 Å². The molecule has 132 valence electrons. The molecule has 0 saturated heterocycles. The molecule has 7 heteroatoms. The Hall–Kier alpha value is -2.54. The summed E-state index contributed by atoms with van der Waals surface area (Å²) >= 11 is 0. The summed E-state index contributed by atoms with van der Waals surface area (Å²) < 4.78 is 12.8. The molecule has 0 bridgehead atoms. The minimum Gasteiger partial charge on any atom is -0.454 e. The zero-order valence-electron chi connectivity index (χ0n) is 14.7. The van der Waals surface area contributed by atoms with Crippen molar-refractivity contribution in [2.75, 3.05) is 27.4 Å². The lowest BCUT2D eigenvalue weighted by molar-refractivity contribution is -0.131. The molecule has 1 aromatic carbocycles. The Kier molecular flexibility index (Phi) is 3.88. The van der Waals surface area contributed by atoms with Gasteiger partial charge in [0.15, 0.2) is 11.5 Å². The van der Waals surface area contributed by atoms with Crippen molar-refractivity contribution >= 4 is 5.91 Å². The fourth-order valence-corrected chi connectivity index (χ4v) is 3.60. The normalized spacial score (nSPS) is 18.9. The molecule has 0 spiro atoms. The summed E-state index contributed by atoms with van der Waals surface area (Å²) in [5, 5.41) is 0. The highest BCUT2D eigenvalue weighted by atomic mass is 16.7. The number of amides is 1. The summed E-state index contributed by atoms with van der Waals surface area (Å²) in [5.74, 6) is 1.49. The lowest BCUT2D eigenvalue weighted by Gasteiger charge is -2.33. The molecule has 0 fully saturated rings. The fourth-order valence-electron chi connectivity index (χ4n) is 3.60. The third-order valence-corrected chi connectivity index (χ3v) is 4.79. The van der Waals surface area contributed by atoms with E-state index in [0.29, 0.717) is 6.54 Å². The number of nitrogens with zero attached hydrogens (tertiary/aromatic N) is 4. The van der Waals surface area contributed by atoms with Crippen LogP contribution in [-0.4, -0.2) is 52.7 Å². The summed E-state index contributed by atoms with van der Waals surface area (Å²) in [4.78, 5) is 21.1. The van der Waals surface area contributed by atoms with Crippen molar-refractivity contribution in [3.8, 4) is 11.5 Å². The van der Waals surface area contributed by atoms with Gasteiger partial charge in [0.05, 0.1) is 23.6 Å². The molecule has 7 nitrogen and oxygen atoms in total. The van der Waals surface area contributed by atoms with Gasteiger partial charge in [-0.15, -0.1) is 0 Å². The van der Waals surface area contributed by atoms with Crippen molar-refractivity contribution < 1.29 is 14.3 Å². The maximum atomic E-state index is 12.7. The summed E-state index contributed by atoms with van der Waals surface area (Å²) in [5.41, 5.74) is 3.15. The molecule has 1 aromatic heterocycles. The average Bonchev–Trinajstić information content (AvgIpc) is 3.20. The number of carbonyl (C=O) groups excluding carboxylic acids is 1. The first-order valence-corrected chi connectivity index (χ1v) is 8.35. The molecule has 1 amide bonds. The van der Waals surface area contributed by atoms with Crippen molar-refractivity contribution in [2.24, 2.45) is 7.05 Å². The molecule has 2 aliphatic heterocycles. The Labute approximate surface area is 146 Å². The van der Waals surface area contributed by atoms with Crippen molar-refractivity contribution in [3.63, 3.8) is 0 Å². The Morgan fingerprint density at radius 3 is 2.92 bits per heavy atom. The SMILES string of the molecule is CN(C)C(=O)[C@H]1CN(Cc2ccc3c(c2)OCO3)Cc2ncn(C)c21. The number of hydrogen-bond acceptors (Lipinski definition) is 5. The van der Waals surface area contributed by atoms with Gasteiger partial charge in [0, 0.05) is 40.8 Å². The van der Waals surface area contributed by atoms with Crippen molar-refractivity contribution in [1.29, 1.82) is 0 Å². The highest BCUT2D eigenvalue weighted by Crippen LogP contribution is 2.34. The number of carbonyl (C=O) groups is 1. The zero-order chi connectivity index (χ0) is 17.6. The van der Waals surface area contributed by atoms with E-state index in [1.807, 2.05) is 29.8 Å². The van der Waals surface area contributed by atoms with Crippen LogP contribution in [0.4, 0.5) is 0 Å². The molecule has 2 aliphatic rings. The first-order chi connectivity index (χ1) is 12.0. The molecule has 0 unspecified atom stereocenters. The monoisotopic (exact) mass is 342 g/mol. The lowest BCUT2D eigenvalue weighted by atomic mass is 9.96. The fraction of sp³-hybridized carbons (Fsp3) is 0.444. The van der Waals surface area contributed by atoms with Crippen LogP contribution >= 0.6 is 0 Å². The maximum Gasteiger partial charge on any atom is 0.232 e. The van der Waals surface area contributed by atoms with Crippen LogP contribution in [0.25, 0.3) is 0 Å². The molecule has 4 rings (SSSR count). The number of hydrogen-bond donors (Lipinski definition) is 0. The third-order valence-electron chi connectivity index (χ3n) is 4.79. The van der Waals surface area contributed by atoms with Crippen molar-refractivity contribution in [1.82, 2.24) is 19.4 Å². The van der Waals surface area contributed by atoms with Crippen LogP contribution in [0.2, 0.25) is 0 Å². The van der Waals surface area contributed by atoms with Crippen LogP contribution in [0.5, 0.6) is 11.5 Å². The van der Waals surface area contributed by atoms with Gasteiger partial charge < -0.3 is 18.9 Å². The quantitative estimate of drug-likeness (QED) is 0.842. The van der Waals surface area contributed by atoms with Gasteiger partial charge in [-0.2, -0.15) is 0 Å². The van der Waals surface area contributed by atoms with Crippen LogP contribution in [-0.2, 0) is 24.9 Å². The number of aryl methyl sites for hydroxylation is 1. The third kappa shape index (κ3) is 2.84. The highest BCUT2D eigenvalue weighted by molar-refractivity contribution is 5.83. The topological polar surface area (TPSA) is 59.8 Å². The molecule has 0 radical (unpaired) electrons. The predicted molar refractivity (Wildman–Crippen MR) is 91.3 cm³/mol. The Bertz CT molecular complexity index is 815. The Morgan fingerprint density at radius 2 is 2.12 bits per heavy atom. The summed E-state index contributed by atoms with van der Waals surface area (Å²) in [6.45, 7) is 2.43. The van der Waals surface area contributed by atoms with Crippen LogP contribution < -0.4 is 9.47 Å². The van der Waals surface area contributed by atoms with Crippen LogP contribution in [0.15, 0.2) is 24.5 Å². The van der Waals surface area contributed by atoms with E-state index in [9.17, 15) is 4.79 Å². The van der Waals surface area contributed by atoms with Crippen LogP contribution in [0, 0.1) is 0 Å². The first kappa shape index (κ1) is 16.0. The van der Waals surface area contributed by atoms with Crippen LogP contribution in [0.1, 0.15) is 22.9 Å². The minimum absolute atomic E-state index is 0.111. The molecule has 0 saturated carbocycles. The highest BCUT2D eigenvalue weighted by Gasteiger charge is 2.34. The van der Waals surface area contributed by atoms with E-state index in [4.69, 9.17) is 9.47 Å². The first-order valence-electron chi connectivity index (χ1n) is 8.35. The molecule has 1 atom stereocenters. The average molecular weight is 342 g/mol. The molecular formula is C18H22N4O3.